The van der Waals surface area contributed by atoms with Crippen LogP contribution >= 0.6 is 7.82 Å². The molecule has 0 aliphatic carbocycles. The summed E-state index contributed by atoms with van der Waals surface area (Å²) in [5.41, 5.74) is 0. The van der Waals surface area contributed by atoms with Crippen LogP contribution in [0.3, 0.4) is 0 Å². The van der Waals surface area contributed by atoms with Crippen molar-refractivity contribution in [1.29, 1.82) is 0 Å². The maximum absolute atomic E-state index is 12.9. The number of carbonyl (C=O) groups excluding carboxylic acids is 5. The molecular formula is C35H61O16P. The number of phosphoric acid groups is 1. The molecule has 17 heteroatoms. The Hall–Kier alpha value is -2.62. The van der Waals surface area contributed by atoms with Crippen LogP contribution in [0.1, 0.15) is 137 Å². The van der Waals surface area contributed by atoms with E-state index in [-0.39, 0.29) is 6.42 Å². The van der Waals surface area contributed by atoms with Gasteiger partial charge in [0.1, 0.15) is 25.4 Å². The minimum Gasteiger partial charge on any atom is -0.463 e. The van der Waals surface area contributed by atoms with Gasteiger partial charge in [0, 0.05) is 34.1 Å². The molecule has 0 aromatic carbocycles. The molecule has 2 N–H and O–H groups in total. The van der Waals surface area contributed by atoms with Gasteiger partial charge in [-0.15, -0.1) is 0 Å². The Morgan fingerprint density at radius 2 is 1.10 bits per heavy atom. The van der Waals surface area contributed by atoms with Crippen LogP contribution in [0.15, 0.2) is 0 Å². The van der Waals surface area contributed by atoms with Gasteiger partial charge < -0.3 is 38.4 Å². The lowest BCUT2D eigenvalue weighted by Crippen LogP contribution is -2.62. The number of aliphatic hydroxyl groups is 1. The highest BCUT2D eigenvalue weighted by molar-refractivity contribution is 7.47. The van der Waals surface area contributed by atoms with Gasteiger partial charge in [-0.05, 0) is 6.42 Å². The molecule has 7 atom stereocenters. The molecule has 0 amide bonds. The molecule has 7 unspecified atom stereocenters. The van der Waals surface area contributed by atoms with E-state index in [0.717, 1.165) is 47.0 Å². The Balaban J connectivity index is 2.52. The molecule has 1 heterocycles. The van der Waals surface area contributed by atoms with Crippen molar-refractivity contribution in [2.24, 2.45) is 0 Å². The van der Waals surface area contributed by atoms with E-state index in [9.17, 15) is 38.5 Å². The third kappa shape index (κ3) is 22.4. The largest absolute Gasteiger partial charge is 0.474 e. The second-order valence-electron chi connectivity index (χ2n) is 13.0. The average molecular weight is 769 g/mol. The number of phosphoric ester groups is 1. The summed E-state index contributed by atoms with van der Waals surface area (Å²) in [6, 6.07) is 0. The smallest absolute Gasteiger partial charge is 0.463 e. The fourth-order valence-corrected chi connectivity index (χ4v) is 6.42. The Kier molecular flexibility index (Phi) is 24.6. The molecule has 1 aliphatic heterocycles. The molecule has 1 saturated heterocycles. The summed E-state index contributed by atoms with van der Waals surface area (Å²) in [7, 11) is -5.13. The summed E-state index contributed by atoms with van der Waals surface area (Å²) in [6.45, 7) is 4.44. The monoisotopic (exact) mass is 768 g/mol. The second kappa shape index (κ2) is 27.0. The lowest BCUT2D eigenvalue weighted by molar-refractivity contribution is -0.291. The van der Waals surface area contributed by atoms with Crippen molar-refractivity contribution in [3.05, 3.63) is 0 Å². The quantitative estimate of drug-likeness (QED) is 0.0443. The lowest BCUT2D eigenvalue weighted by atomic mass is 9.98. The van der Waals surface area contributed by atoms with E-state index in [2.05, 4.69) is 6.92 Å². The first-order chi connectivity index (χ1) is 24.6. The van der Waals surface area contributed by atoms with E-state index in [0.29, 0.717) is 6.42 Å². The van der Waals surface area contributed by atoms with Gasteiger partial charge >= 0.3 is 37.7 Å². The van der Waals surface area contributed by atoms with Crippen LogP contribution in [0.4, 0.5) is 0 Å². The standard InChI is InChI=1S/C35H61O16P/c1-6-7-8-9-10-11-12-13-14-15-16-17-18-19-20-21-31(41)45-22-29(40)23-46-52(42,43)51-35-34(49-28(5)39)33(48-27(4)38)32(47-26(3)37)30(50-35)24-44-25(2)36/h29-30,32-35,40H,6-24H2,1-5H3,(H,42,43). The molecule has 0 bridgehead atoms. The number of aliphatic hydroxyl groups excluding tert-OH is 1. The molecule has 52 heavy (non-hydrogen) atoms. The first kappa shape index (κ1) is 47.4. The number of hydrogen-bond acceptors (Lipinski definition) is 15. The van der Waals surface area contributed by atoms with E-state index in [1.54, 1.807) is 0 Å². The molecule has 1 aliphatic rings. The van der Waals surface area contributed by atoms with Gasteiger partial charge in [0.2, 0.25) is 6.29 Å². The molecule has 0 aromatic heterocycles. The highest BCUT2D eigenvalue weighted by Gasteiger charge is 2.54. The first-order valence-corrected chi connectivity index (χ1v) is 19.9. The third-order valence-electron chi connectivity index (χ3n) is 8.04. The van der Waals surface area contributed by atoms with Crippen LogP contribution in [-0.2, 0) is 66.0 Å². The second-order valence-corrected chi connectivity index (χ2v) is 14.4. The first-order valence-electron chi connectivity index (χ1n) is 18.4. The number of rotatable bonds is 28. The Bertz CT molecular complexity index is 1120. The minimum absolute atomic E-state index is 0.163. The van der Waals surface area contributed by atoms with Crippen LogP contribution in [0.25, 0.3) is 0 Å². The van der Waals surface area contributed by atoms with Gasteiger partial charge in [-0.2, -0.15) is 0 Å². The SMILES string of the molecule is CCCCCCCCCCCCCCCCCC(=O)OCC(O)COP(=O)(O)OC1OC(COC(C)=O)C(OC(C)=O)C(OC(C)=O)C1OC(C)=O. The van der Waals surface area contributed by atoms with E-state index in [1.807, 2.05) is 0 Å². The van der Waals surface area contributed by atoms with Crippen molar-refractivity contribution >= 4 is 37.7 Å². The predicted molar refractivity (Wildman–Crippen MR) is 185 cm³/mol. The van der Waals surface area contributed by atoms with E-state index < -0.39 is 94.3 Å². The van der Waals surface area contributed by atoms with Crippen LogP contribution in [0, 0.1) is 0 Å². The summed E-state index contributed by atoms with van der Waals surface area (Å²) in [5, 5.41) is 10.2. The highest BCUT2D eigenvalue weighted by Crippen LogP contribution is 2.47. The van der Waals surface area contributed by atoms with Crippen LogP contribution in [0.5, 0.6) is 0 Å². The van der Waals surface area contributed by atoms with E-state index in [1.165, 1.54) is 70.6 Å². The molecule has 302 valence electrons. The normalized spacial score (nSPS) is 21.7. The zero-order chi connectivity index (χ0) is 38.9. The lowest BCUT2D eigenvalue weighted by Gasteiger charge is -2.44. The Morgan fingerprint density at radius 3 is 1.58 bits per heavy atom. The summed E-state index contributed by atoms with van der Waals surface area (Å²) in [6.07, 6.45) is 8.26. The van der Waals surface area contributed by atoms with Crippen molar-refractivity contribution in [3.8, 4) is 0 Å². The summed E-state index contributed by atoms with van der Waals surface area (Å²) < 4.78 is 54.1. The van der Waals surface area contributed by atoms with Crippen molar-refractivity contribution < 1.29 is 76.0 Å². The summed E-state index contributed by atoms with van der Waals surface area (Å²) in [4.78, 5) is 69.8. The zero-order valence-electron chi connectivity index (χ0n) is 31.5. The van der Waals surface area contributed by atoms with Crippen molar-refractivity contribution in [1.82, 2.24) is 0 Å². The zero-order valence-corrected chi connectivity index (χ0v) is 32.4. The highest BCUT2D eigenvalue weighted by atomic mass is 31.2. The molecule has 16 nitrogen and oxygen atoms in total. The Morgan fingerprint density at radius 1 is 0.635 bits per heavy atom. The van der Waals surface area contributed by atoms with Crippen LogP contribution < -0.4 is 0 Å². The summed E-state index contributed by atoms with van der Waals surface area (Å²) in [5.74, 6) is -4.01. The fraction of sp³-hybridized carbons (Fsp3) is 0.857. The van der Waals surface area contributed by atoms with Crippen molar-refractivity contribution in [2.45, 2.75) is 174 Å². The van der Waals surface area contributed by atoms with Crippen molar-refractivity contribution in [2.75, 3.05) is 19.8 Å². The van der Waals surface area contributed by atoms with Crippen molar-refractivity contribution in [3.63, 3.8) is 0 Å². The van der Waals surface area contributed by atoms with E-state index in [4.69, 9.17) is 37.5 Å². The number of carbonyl (C=O) groups is 5. The maximum Gasteiger partial charge on any atom is 0.474 e. The van der Waals surface area contributed by atoms with Crippen LogP contribution in [0.2, 0.25) is 0 Å². The number of unbranched alkanes of at least 4 members (excludes halogenated alkanes) is 14. The minimum atomic E-state index is -5.13. The van der Waals surface area contributed by atoms with Gasteiger partial charge in [0.05, 0.1) is 6.61 Å². The number of esters is 5. The van der Waals surface area contributed by atoms with E-state index >= 15 is 0 Å². The molecule has 0 saturated carbocycles. The fourth-order valence-electron chi connectivity index (χ4n) is 5.57. The maximum atomic E-state index is 12.9. The van der Waals surface area contributed by atoms with Gasteiger partial charge in [-0.25, -0.2) is 4.57 Å². The number of ether oxygens (including phenoxy) is 6. The Labute approximate surface area is 307 Å². The molecule has 0 radical (unpaired) electrons. The van der Waals surface area contributed by atoms with Crippen LogP contribution in [-0.4, -0.2) is 96.5 Å². The topological polar surface area (TPSA) is 217 Å². The van der Waals surface area contributed by atoms with Gasteiger partial charge in [0.25, 0.3) is 0 Å². The molecule has 0 spiro atoms. The van der Waals surface area contributed by atoms with Gasteiger partial charge in [-0.1, -0.05) is 96.8 Å². The molecule has 0 aromatic rings. The summed E-state index contributed by atoms with van der Waals surface area (Å²) >= 11 is 0. The van der Waals surface area contributed by atoms with Gasteiger partial charge in [-0.3, -0.25) is 33.0 Å². The molecular weight excluding hydrogens is 707 g/mol. The average Bonchev–Trinajstić information content (AvgIpc) is 3.05. The molecule has 1 rings (SSSR count). The number of hydrogen-bond donors (Lipinski definition) is 2. The predicted octanol–water partition coefficient (Wildman–Crippen LogP) is 5.37. The van der Waals surface area contributed by atoms with Gasteiger partial charge in [0.15, 0.2) is 18.3 Å². The third-order valence-corrected chi connectivity index (χ3v) is 8.99. The molecule has 1 fully saturated rings.